The van der Waals surface area contributed by atoms with E-state index in [-0.39, 0.29) is 35.2 Å². The second kappa shape index (κ2) is 9.84. The molecule has 184 valence electrons. The first kappa shape index (κ1) is 24.9. The van der Waals surface area contributed by atoms with Gasteiger partial charge in [-0.15, -0.1) is 0 Å². The van der Waals surface area contributed by atoms with E-state index in [9.17, 15) is 19.2 Å². The molecule has 1 aliphatic rings. The quantitative estimate of drug-likeness (QED) is 0.200. The summed E-state index contributed by atoms with van der Waals surface area (Å²) < 4.78 is 20.8. The summed E-state index contributed by atoms with van der Waals surface area (Å²) in [5.74, 6) is -0.910. The highest BCUT2D eigenvalue weighted by molar-refractivity contribution is 6.32. The van der Waals surface area contributed by atoms with Gasteiger partial charge < -0.3 is 14.8 Å². The second-order valence-corrected chi connectivity index (χ2v) is 9.11. The molecule has 0 radical (unpaired) electrons. The maximum atomic E-state index is 14.6. The molecule has 0 bridgehead atoms. The number of halogens is 2. The minimum atomic E-state index is -1.11. The number of carbonyl (C=O) groups excluding carboxylic acids is 2. The molecule has 0 N–H and O–H groups in total. The lowest BCUT2D eigenvalue weighted by molar-refractivity contribution is -0.605. The van der Waals surface area contributed by atoms with E-state index in [0.29, 0.717) is 22.3 Å². The fraction of sp³-hybridized carbons (Fsp3) is 0.231. The third-order valence-electron chi connectivity index (χ3n) is 6.01. The number of anilines is 1. The summed E-state index contributed by atoms with van der Waals surface area (Å²) in [7, 11) is 0. The van der Waals surface area contributed by atoms with Crippen LogP contribution in [0.5, 0.6) is 5.75 Å². The Kier molecular flexibility index (Phi) is 6.82. The number of urea groups is 1. The minimum absolute atomic E-state index is 0.0607. The van der Waals surface area contributed by atoms with Gasteiger partial charge in [0.25, 0.3) is 5.91 Å². The van der Waals surface area contributed by atoms with Gasteiger partial charge >= 0.3 is 6.03 Å². The van der Waals surface area contributed by atoms with Crippen LogP contribution in [-0.4, -0.2) is 35.5 Å². The van der Waals surface area contributed by atoms with Crippen molar-refractivity contribution >= 4 is 29.2 Å². The number of imide groups is 1. The molecule has 0 atom stereocenters. The van der Waals surface area contributed by atoms with Crippen LogP contribution in [0, 0.1) is 22.4 Å². The van der Waals surface area contributed by atoms with Crippen LogP contribution in [-0.2, 0) is 4.79 Å². The zero-order valence-corrected chi connectivity index (χ0v) is 20.3. The number of benzene rings is 2. The highest BCUT2D eigenvalue weighted by atomic mass is 35.5. The molecule has 8 nitrogen and oxygen atoms in total. The normalized spacial score (nSPS) is 14.8. The van der Waals surface area contributed by atoms with Crippen molar-refractivity contribution in [2.24, 2.45) is 0 Å². The van der Waals surface area contributed by atoms with Crippen LogP contribution in [0.1, 0.15) is 25.8 Å². The van der Waals surface area contributed by atoms with Crippen molar-refractivity contribution in [2.45, 2.75) is 25.8 Å². The van der Waals surface area contributed by atoms with E-state index in [2.05, 4.69) is 0 Å². The molecule has 0 spiro atoms. The largest absolute Gasteiger partial charge is 0.619 e. The molecule has 0 unspecified atom stereocenters. The summed E-state index contributed by atoms with van der Waals surface area (Å²) in [5, 5.41) is 20.4. The molecule has 2 heterocycles. The lowest BCUT2D eigenvalue weighted by atomic mass is 10.0. The molecule has 0 saturated carbocycles. The van der Waals surface area contributed by atoms with E-state index in [1.165, 1.54) is 47.6 Å². The number of ether oxygens (including phenoxy) is 1. The first-order chi connectivity index (χ1) is 17.1. The Morgan fingerprint density at radius 3 is 2.47 bits per heavy atom. The van der Waals surface area contributed by atoms with E-state index in [0.717, 1.165) is 4.90 Å². The molecule has 3 aromatic rings. The molecule has 1 aliphatic heterocycles. The van der Waals surface area contributed by atoms with Crippen molar-refractivity contribution < 1.29 is 23.4 Å². The van der Waals surface area contributed by atoms with Gasteiger partial charge in [0.05, 0.1) is 22.9 Å². The molecule has 10 heteroatoms. The summed E-state index contributed by atoms with van der Waals surface area (Å²) in [6.45, 7) is 3.62. The second-order valence-electron chi connectivity index (χ2n) is 8.70. The van der Waals surface area contributed by atoms with Gasteiger partial charge in [-0.1, -0.05) is 17.7 Å². The standard InChI is InChI=1S/C26H22ClFN4O4/c1-26(2)24(33)32(20-6-4-19(16-29)21(27)15-20)25(34)31(26)10-3-13-36-23-7-5-18(14-22(23)28)17-8-11-30(35)12-9-17/h4-9,11-12,14-15H,3,10,13H2,1-2H3. The van der Waals surface area contributed by atoms with Gasteiger partial charge in [-0.05, 0) is 61.7 Å². The number of rotatable bonds is 7. The molecule has 3 amide bonds. The predicted octanol–water partition coefficient (Wildman–Crippen LogP) is 4.67. The Labute approximate surface area is 212 Å². The topological polar surface area (TPSA) is 101 Å². The van der Waals surface area contributed by atoms with Gasteiger partial charge in [-0.25, -0.2) is 14.1 Å². The smallest absolute Gasteiger partial charge is 0.332 e. The van der Waals surface area contributed by atoms with Crippen molar-refractivity contribution in [3.8, 4) is 22.9 Å². The molecule has 1 fully saturated rings. The van der Waals surface area contributed by atoms with Crippen molar-refractivity contribution in [2.75, 3.05) is 18.1 Å². The first-order valence-corrected chi connectivity index (χ1v) is 11.5. The molecule has 0 aliphatic carbocycles. The summed E-state index contributed by atoms with van der Waals surface area (Å²) in [5.41, 5.74) is 0.716. The Morgan fingerprint density at radius 1 is 1.11 bits per heavy atom. The van der Waals surface area contributed by atoms with E-state index >= 15 is 0 Å². The maximum Gasteiger partial charge on any atom is 0.332 e. The van der Waals surface area contributed by atoms with Crippen LogP contribution in [0.15, 0.2) is 60.9 Å². The van der Waals surface area contributed by atoms with Gasteiger partial charge in [0, 0.05) is 18.7 Å². The zero-order valence-electron chi connectivity index (χ0n) is 19.6. The molecule has 1 aromatic heterocycles. The first-order valence-electron chi connectivity index (χ1n) is 11.1. The van der Waals surface area contributed by atoms with Crippen LogP contribution >= 0.6 is 11.6 Å². The molecule has 1 saturated heterocycles. The zero-order chi connectivity index (χ0) is 26.0. The summed E-state index contributed by atoms with van der Waals surface area (Å²) >= 11 is 6.09. The summed E-state index contributed by atoms with van der Waals surface area (Å²) in [6.07, 6.45) is 3.02. The SMILES string of the molecule is CC1(C)C(=O)N(c2ccc(C#N)c(Cl)c2)C(=O)N1CCCOc1ccc(-c2cc[n+]([O-])cc2)cc1F. The fourth-order valence-electron chi connectivity index (χ4n) is 3.98. The van der Waals surface area contributed by atoms with Gasteiger partial charge in [-0.2, -0.15) is 9.99 Å². The Bertz CT molecular complexity index is 1370. The van der Waals surface area contributed by atoms with Gasteiger partial charge in [0.2, 0.25) is 0 Å². The van der Waals surface area contributed by atoms with Crippen molar-refractivity contribution in [3.63, 3.8) is 0 Å². The summed E-state index contributed by atoms with van der Waals surface area (Å²) in [4.78, 5) is 28.6. The number of carbonyl (C=O) groups is 2. The number of hydrogen-bond donors (Lipinski definition) is 0. The van der Waals surface area contributed by atoms with Crippen molar-refractivity contribution in [3.05, 3.63) is 82.5 Å². The van der Waals surface area contributed by atoms with Gasteiger partial charge in [0.1, 0.15) is 11.6 Å². The third kappa shape index (κ3) is 4.68. The van der Waals surface area contributed by atoms with E-state index < -0.39 is 23.3 Å². The van der Waals surface area contributed by atoms with Crippen LogP contribution < -0.4 is 14.4 Å². The number of amides is 3. The lowest BCUT2D eigenvalue weighted by Gasteiger charge is -2.27. The lowest BCUT2D eigenvalue weighted by Crippen LogP contribution is -2.44. The monoisotopic (exact) mass is 508 g/mol. The number of hydrogen-bond acceptors (Lipinski definition) is 5. The third-order valence-corrected chi connectivity index (χ3v) is 6.32. The fourth-order valence-corrected chi connectivity index (χ4v) is 4.20. The Hall–Kier alpha value is -4.16. The molecular weight excluding hydrogens is 487 g/mol. The average molecular weight is 509 g/mol. The van der Waals surface area contributed by atoms with Crippen LogP contribution in [0.4, 0.5) is 14.9 Å². The Balaban J connectivity index is 1.39. The van der Waals surface area contributed by atoms with Crippen LogP contribution in [0.3, 0.4) is 0 Å². The van der Waals surface area contributed by atoms with Crippen LogP contribution in [0.2, 0.25) is 5.02 Å². The van der Waals surface area contributed by atoms with Gasteiger partial charge in [0.15, 0.2) is 24.0 Å². The molecule has 36 heavy (non-hydrogen) atoms. The number of nitriles is 1. The summed E-state index contributed by atoms with van der Waals surface area (Å²) in [6, 6.07) is 13.5. The highest BCUT2D eigenvalue weighted by Crippen LogP contribution is 2.34. The van der Waals surface area contributed by atoms with Crippen LogP contribution in [0.25, 0.3) is 11.1 Å². The maximum absolute atomic E-state index is 14.6. The van der Waals surface area contributed by atoms with Crippen molar-refractivity contribution in [1.82, 2.24) is 4.90 Å². The average Bonchev–Trinajstić information content (AvgIpc) is 3.01. The van der Waals surface area contributed by atoms with E-state index in [1.54, 1.807) is 32.0 Å². The highest BCUT2D eigenvalue weighted by Gasteiger charge is 2.51. The number of pyridine rings is 1. The van der Waals surface area contributed by atoms with Crippen molar-refractivity contribution in [1.29, 1.82) is 5.26 Å². The molecule has 2 aromatic carbocycles. The van der Waals surface area contributed by atoms with E-state index in [4.69, 9.17) is 21.6 Å². The minimum Gasteiger partial charge on any atom is -0.619 e. The molecule has 4 rings (SSSR count). The Morgan fingerprint density at radius 2 is 1.83 bits per heavy atom. The van der Waals surface area contributed by atoms with Gasteiger partial charge in [-0.3, -0.25) is 4.79 Å². The number of aromatic nitrogens is 1. The molecular formula is C26H22ClFN4O4. The van der Waals surface area contributed by atoms with E-state index in [1.807, 2.05) is 6.07 Å². The predicted molar refractivity (Wildman–Crippen MR) is 131 cm³/mol. The number of nitrogens with zero attached hydrogens (tertiary/aromatic N) is 4.